The third kappa shape index (κ3) is 4.12. The van der Waals surface area contributed by atoms with Crippen molar-refractivity contribution < 1.29 is 13.2 Å². The van der Waals surface area contributed by atoms with E-state index in [1.165, 1.54) is 12.1 Å². The van der Waals surface area contributed by atoms with Gasteiger partial charge in [-0.15, -0.1) is 0 Å². The monoisotopic (exact) mass is 372 g/mol. The second-order valence-electron chi connectivity index (χ2n) is 5.76. The molecule has 0 amide bonds. The molecule has 0 saturated heterocycles. The molecular formula is C19H20N2O4S. The van der Waals surface area contributed by atoms with Gasteiger partial charge in [-0.2, -0.15) is 0 Å². The van der Waals surface area contributed by atoms with Gasteiger partial charge in [0.2, 0.25) is 10.0 Å². The molecule has 0 spiro atoms. The van der Waals surface area contributed by atoms with Gasteiger partial charge >= 0.3 is 0 Å². The first kappa shape index (κ1) is 18.2. The highest BCUT2D eigenvalue weighted by atomic mass is 32.2. The molecule has 26 heavy (non-hydrogen) atoms. The number of H-pyrrole nitrogens is 1. The van der Waals surface area contributed by atoms with Crippen molar-refractivity contribution in [1.29, 1.82) is 0 Å². The molecule has 0 aliphatic rings. The number of rotatable bonds is 7. The van der Waals surface area contributed by atoms with Gasteiger partial charge in [-0.05, 0) is 55.1 Å². The fraction of sp³-hybridized carbons (Fsp3) is 0.211. The summed E-state index contributed by atoms with van der Waals surface area (Å²) in [5.41, 5.74) is 1.10. The van der Waals surface area contributed by atoms with Crippen molar-refractivity contribution in [1.82, 2.24) is 9.71 Å². The summed E-state index contributed by atoms with van der Waals surface area (Å²) in [6.45, 7) is 2.52. The zero-order chi connectivity index (χ0) is 18.6. The minimum absolute atomic E-state index is 0.136. The largest absolute Gasteiger partial charge is 0.494 e. The van der Waals surface area contributed by atoms with Crippen LogP contribution in [0.5, 0.6) is 5.75 Å². The van der Waals surface area contributed by atoms with Crippen molar-refractivity contribution in [3.05, 3.63) is 70.5 Å². The second kappa shape index (κ2) is 7.72. The maximum Gasteiger partial charge on any atom is 0.251 e. The zero-order valence-electron chi connectivity index (χ0n) is 14.4. The van der Waals surface area contributed by atoms with Crippen LogP contribution in [-0.2, 0) is 16.4 Å². The van der Waals surface area contributed by atoms with Crippen molar-refractivity contribution in [2.45, 2.75) is 18.2 Å². The Morgan fingerprint density at radius 3 is 2.54 bits per heavy atom. The van der Waals surface area contributed by atoms with E-state index in [1.807, 2.05) is 31.2 Å². The van der Waals surface area contributed by atoms with Gasteiger partial charge in [0.05, 0.1) is 11.5 Å². The maximum absolute atomic E-state index is 12.4. The maximum atomic E-state index is 12.4. The highest BCUT2D eigenvalue weighted by Crippen LogP contribution is 2.16. The van der Waals surface area contributed by atoms with Crippen LogP contribution in [0.2, 0.25) is 0 Å². The normalized spacial score (nSPS) is 11.6. The fourth-order valence-electron chi connectivity index (χ4n) is 2.66. The topological polar surface area (TPSA) is 88.3 Å². The Bertz CT molecular complexity index is 1060. The molecule has 0 aliphatic heterocycles. The first-order chi connectivity index (χ1) is 12.5. The fourth-order valence-corrected chi connectivity index (χ4v) is 3.70. The Kier molecular flexibility index (Phi) is 5.39. The number of aromatic nitrogens is 1. The number of sulfonamides is 1. The molecule has 6 nitrogen and oxygen atoms in total. The number of aromatic amines is 1. The average Bonchev–Trinajstić information content (AvgIpc) is 2.63. The van der Waals surface area contributed by atoms with E-state index in [4.69, 9.17) is 4.74 Å². The number of hydrogen-bond acceptors (Lipinski definition) is 4. The average molecular weight is 372 g/mol. The molecule has 0 saturated carbocycles. The first-order valence-electron chi connectivity index (χ1n) is 8.33. The van der Waals surface area contributed by atoms with Crippen molar-refractivity contribution in [3.63, 3.8) is 0 Å². The van der Waals surface area contributed by atoms with Crippen LogP contribution in [0.4, 0.5) is 0 Å². The van der Waals surface area contributed by atoms with Crippen LogP contribution in [0.1, 0.15) is 12.5 Å². The molecule has 7 heteroatoms. The van der Waals surface area contributed by atoms with Crippen molar-refractivity contribution >= 4 is 20.9 Å². The van der Waals surface area contributed by atoms with Crippen LogP contribution in [0.15, 0.2) is 64.3 Å². The summed E-state index contributed by atoms with van der Waals surface area (Å²) in [4.78, 5) is 15.1. The van der Waals surface area contributed by atoms with E-state index in [0.717, 1.165) is 10.9 Å². The lowest BCUT2D eigenvalue weighted by molar-refractivity contribution is 0.340. The number of fused-ring (bicyclic) bond motifs is 1. The Morgan fingerprint density at radius 2 is 1.81 bits per heavy atom. The minimum atomic E-state index is -3.64. The lowest BCUT2D eigenvalue weighted by Gasteiger charge is -2.08. The van der Waals surface area contributed by atoms with Gasteiger partial charge in [0, 0.05) is 17.6 Å². The molecule has 1 heterocycles. The van der Waals surface area contributed by atoms with Crippen LogP contribution in [-0.4, -0.2) is 26.6 Å². The molecule has 136 valence electrons. The molecule has 3 rings (SSSR count). The molecule has 0 bridgehead atoms. The molecular weight excluding hydrogens is 352 g/mol. The van der Waals surface area contributed by atoms with E-state index in [2.05, 4.69) is 9.71 Å². The molecule has 0 fully saturated rings. The Morgan fingerprint density at radius 1 is 1.08 bits per heavy atom. The first-order valence-corrected chi connectivity index (χ1v) is 9.81. The third-order valence-corrected chi connectivity index (χ3v) is 5.44. The molecule has 2 N–H and O–H groups in total. The smallest absolute Gasteiger partial charge is 0.251 e. The van der Waals surface area contributed by atoms with E-state index in [1.54, 1.807) is 18.2 Å². The minimum Gasteiger partial charge on any atom is -0.494 e. The van der Waals surface area contributed by atoms with Crippen LogP contribution in [0.25, 0.3) is 10.9 Å². The van der Waals surface area contributed by atoms with Gasteiger partial charge in [0.1, 0.15) is 5.75 Å². The number of pyridine rings is 1. The zero-order valence-corrected chi connectivity index (χ0v) is 15.2. The van der Waals surface area contributed by atoms with E-state index in [0.29, 0.717) is 24.3 Å². The Labute approximate surface area is 151 Å². The summed E-state index contributed by atoms with van der Waals surface area (Å²) in [5, 5.41) is 0.913. The predicted molar refractivity (Wildman–Crippen MR) is 101 cm³/mol. The van der Waals surface area contributed by atoms with E-state index in [9.17, 15) is 13.2 Å². The highest BCUT2D eigenvalue weighted by molar-refractivity contribution is 7.89. The lowest BCUT2D eigenvalue weighted by Crippen LogP contribution is -2.27. The molecule has 0 radical (unpaired) electrons. The lowest BCUT2D eigenvalue weighted by atomic mass is 10.1. The van der Waals surface area contributed by atoms with Crippen molar-refractivity contribution in [2.24, 2.45) is 0 Å². The summed E-state index contributed by atoms with van der Waals surface area (Å²) < 4.78 is 32.5. The molecule has 2 aromatic carbocycles. The summed E-state index contributed by atoms with van der Waals surface area (Å²) in [6.07, 6.45) is 0.302. The van der Waals surface area contributed by atoms with Gasteiger partial charge in [-0.3, -0.25) is 4.79 Å². The van der Waals surface area contributed by atoms with E-state index in [-0.39, 0.29) is 17.0 Å². The third-order valence-electron chi connectivity index (χ3n) is 3.96. The van der Waals surface area contributed by atoms with E-state index >= 15 is 0 Å². The van der Waals surface area contributed by atoms with Gasteiger partial charge in [0.25, 0.3) is 5.56 Å². The summed E-state index contributed by atoms with van der Waals surface area (Å²) in [5.74, 6) is 0.620. The van der Waals surface area contributed by atoms with Gasteiger partial charge in [-0.25, -0.2) is 13.1 Å². The molecule has 0 unspecified atom stereocenters. The number of hydrogen-bond donors (Lipinski definition) is 2. The number of para-hydroxylation sites is 1. The van der Waals surface area contributed by atoms with Gasteiger partial charge in [0.15, 0.2) is 0 Å². The van der Waals surface area contributed by atoms with Gasteiger partial charge < -0.3 is 9.72 Å². The Hall–Kier alpha value is -2.64. The second-order valence-corrected chi connectivity index (χ2v) is 7.53. The van der Waals surface area contributed by atoms with Gasteiger partial charge in [-0.1, -0.05) is 18.2 Å². The van der Waals surface area contributed by atoms with Crippen molar-refractivity contribution in [2.75, 3.05) is 13.2 Å². The summed E-state index contributed by atoms with van der Waals surface area (Å²) >= 11 is 0. The predicted octanol–water partition coefficient (Wildman–Crippen LogP) is 2.45. The summed E-state index contributed by atoms with van der Waals surface area (Å²) in [6, 6.07) is 15.5. The number of benzene rings is 2. The Balaban J connectivity index is 1.68. The molecule has 0 atom stereocenters. The van der Waals surface area contributed by atoms with Crippen LogP contribution < -0.4 is 15.0 Å². The standard InChI is InChI=1S/C19H20N2O4S/c1-2-25-16-7-9-17(10-8-16)26(23,24)20-12-11-15-13-14-5-3-4-6-18(14)21-19(15)22/h3-10,13,20H,2,11-12H2,1H3,(H,21,22). The van der Waals surface area contributed by atoms with Crippen LogP contribution in [0.3, 0.4) is 0 Å². The summed E-state index contributed by atoms with van der Waals surface area (Å²) in [7, 11) is -3.64. The highest BCUT2D eigenvalue weighted by Gasteiger charge is 2.14. The number of ether oxygens (including phenoxy) is 1. The van der Waals surface area contributed by atoms with Crippen LogP contribution >= 0.6 is 0 Å². The molecule has 3 aromatic rings. The molecule has 0 aliphatic carbocycles. The van der Waals surface area contributed by atoms with E-state index < -0.39 is 10.0 Å². The van der Waals surface area contributed by atoms with Crippen molar-refractivity contribution in [3.8, 4) is 5.75 Å². The SMILES string of the molecule is CCOc1ccc(S(=O)(=O)NCCc2cc3ccccc3[nH]c2=O)cc1. The van der Waals surface area contributed by atoms with Crippen LogP contribution in [0, 0.1) is 0 Å². The molecule has 1 aromatic heterocycles. The number of nitrogens with one attached hydrogen (secondary N) is 2. The quantitative estimate of drug-likeness (QED) is 0.667.